The molecule has 0 aromatic carbocycles. The second-order valence-corrected chi connectivity index (χ2v) is 11.3. The molecule has 35 heavy (non-hydrogen) atoms. The van der Waals surface area contributed by atoms with Gasteiger partial charge in [0.2, 0.25) is 5.78 Å². The van der Waals surface area contributed by atoms with Gasteiger partial charge in [-0.05, 0) is 44.6 Å². The van der Waals surface area contributed by atoms with Gasteiger partial charge in [0, 0.05) is 56.3 Å². The summed E-state index contributed by atoms with van der Waals surface area (Å²) in [5.74, 6) is -1.82. The first-order valence-corrected chi connectivity index (χ1v) is 12.5. The van der Waals surface area contributed by atoms with E-state index in [1.807, 2.05) is 22.8 Å². The number of aromatic nitrogens is 3. The molecule has 1 saturated carbocycles. The highest BCUT2D eigenvalue weighted by molar-refractivity contribution is 5.75. The van der Waals surface area contributed by atoms with Crippen molar-refractivity contribution in [1.29, 1.82) is 0 Å². The molecule has 3 fully saturated rings. The third-order valence-electron chi connectivity index (χ3n) is 7.79. The van der Waals surface area contributed by atoms with E-state index in [1.54, 1.807) is 6.20 Å². The molecule has 0 bridgehead atoms. The number of likely N-dealkylation sites (tertiary alicyclic amines) is 2. The van der Waals surface area contributed by atoms with Gasteiger partial charge in [0.1, 0.15) is 5.69 Å². The standard InChI is InChI=1S/C26H35F2N5O2/c1-17(2)14-35-21-6-7-31(13-18(21)3)24(34)32-15-26(16-32)10-19(11-26)9-20-5-8-33-22(25(4,27)28)12-29-23(33)30-20/h5,8,12,18-19,21H,1,6-7,9-11,13-16H2,2-4H3/t18-,21+/m1/s1. The Bertz CT molecular complexity index is 1110. The second-order valence-electron chi connectivity index (χ2n) is 11.3. The van der Waals surface area contributed by atoms with Gasteiger partial charge in [-0.2, -0.15) is 8.78 Å². The van der Waals surface area contributed by atoms with E-state index >= 15 is 0 Å². The summed E-state index contributed by atoms with van der Waals surface area (Å²) in [6, 6.07) is 1.97. The maximum Gasteiger partial charge on any atom is 0.320 e. The number of hydrogen-bond acceptors (Lipinski definition) is 4. The summed E-state index contributed by atoms with van der Waals surface area (Å²) < 4.78 is 34.7. The van der Waals surface area contributed by atoms with Crippen molar-refractivity contribution < 1.29 is 18.3 Å². The molecule has 190 valence electrons. The van der Waals surface area contributed by atoms with Crippen molar-refractivity contribution in [1.82, 2.24) is 24.2 Å². The van der Waals surface area contributed by atoms with Crippen LogP contribution >= 0.6 is 0 Å². The van der Waals surface area contributed by atoms with Gasteiger partial charge in [-0.1, -0.05) is 19.1 Å². The second kappa shape index (κ2) is 8.84. The van der Waals surface area contributed by atoms with Gasteiger partial charge in [-0.25, -0.2) is 14.8 Å². The van der Waals surface area contributed by atoms with Crippen molar-refractivity contribution in [2.45, 2.75) is 58.5 Å². The maximum absolute atomic E-state index is 13.7. The predicted octanol–water partition coefficient (Wildman–Crippen LogP) is 4.52. The summed E-state index contributed by atoms with van der Waals surface area (Å²) in [7, 11) is 0. The molecule has 4 heterocycles. The molecule has 2 saturated heterocycles. The van der Waals surface area contributed by atoms with Crippen LogP contribution in [0.5, 0.6) is 0 Å². The average molecular weight is 488 g/mol. The van der Waals surface area contributed by atoms with Crippen molar-refractivity contribution >= 4 is 11.8 Å². The van der Waals surface area contributed by atoms with Crippen molar-refractivity contribution in [3.8, 4) is 0 Å². The van der Waals surface area contributed by atoms with Gasteiger partial charge in [-0.15, -0.1) is 0 Å². The number of alkyl halides is 2. The Morgan fingerprint density at radius 1 is 1.31 bits per heavy atom. The van der Waals surface area contributed by atoms with Crippen molar-refractivity contribution in [2.24, 2.45) is 17.3 Å². The van der Waals surface area contributed by atoms with Crippen LogP contribution in [0.1, 0.15) is 51.4 Å². The van der Waals surface area contributed by atoms with E-state index in [-0.39, 0.29) is 23.2 Å². The van der Waals surface area contributed by atoms with Crippen molar-refractivity contribution in [3.63, 3.8) is 0 Å². The number of amides is 2. The smallest absolute Gasteiger partial charge is 0.320 e. The van der Waals surface area contributed by atoms with Crippen LogP contribution in [0.3, 0.4) is 0 Å². The molecule has 3 aliphatic rings. The number of rotatable bonds is 6. The highest BCUT2D eigenvalue weighted by Gasteiger charge is 2.54. The van der Waals surface area contributed by atoms with Crippen LogP contribution in [0.15, 0.2) is 30.6 Å². The highest BCUT2D eigenvalue weighted by atomic mass is 19.3. The number of carbonyl (C=O) groups excluding carboxylic acids is 1. The van der Waals surface area contributed by atoms with Gasteiger partial charge >= 0.3 is 6.03 Å². The van der Waals surface area contributed by atoms with Gasteiger partial charge < -0.3 is 14.5 Å². The molecule has 2 aliphatic heterocycles. The minimum atomic E-state index is -2.96. The normalized spacial score (nSPS) is 24.5. The summed E-state index contributed by atoms with van der Waals surface area (Å²) in [4.78, 5) is 25.5. The molecule has 0 unspecified atom stereocenters. The summed E-state index contributed by atoms with van der Waals surface area (Å²) in [6.07, 6.45) is 6.85. The quantitative estimate of drug-likeness (QED) is 0.562. The molecule has 9 heteroatoms. The van der Waals surface area contributed by atoms with Crippen LogP contribution < -0.4 is 0 Å². The molecule has 2 atom stereocenters. The first kappa shape index (κ1) is 24.2. The lowest BCUT2D eigenvalue weighted by atomic mass is 9.57. The number of nitrogens with zero attached hydrogens (tertiary/aromatic N) is 5. The lowest BCUT2D eigenvalue weighted by molar-refractivity contribution is -0.0813. The first-order chi connectivity index (χ1) is 16.5. The van der Waals surface area contributed by atoms with Gasteiger partial charge in [-0.3, -0.25) is 4.40 Å². The zero-order chi connectivity index (χ0) is 25.0. The number of urea groups is 1. The Hall–Kier alpha value is -2.55. The lowest BCUT2D eigenvalue weighted by Crippen LogP contribution is -2.66. The van der Waals surface area contributed by atoms with E-state index in [1.165, 1.54) is 10.6 Å². The predicted molar refractivity (Wildman–Crippen MR) is 128 cm³/mol. The molecule has 2 aromatic heterocycles. The maximum atomic E-state index is 13.7. The molecule has 5 rings (SSSR count). The van der Waals surface area contributed by atoms with Gasteiger partial charge in [0.15, 0.2) is 0 Å². The fourth-order valence-electron chi connectivity index (χ4n) is 6.10. The molecule has 0 N–H and O–H groups in total. The molecular formula is C26H35F2N5O2. The number of hydrogen-bond donors (Lipinski definition) is 0. The lowest BCUT2D eigenvalue weighted by Gasteiger charge is -2.60. The Balaban J connectivity index is 1.08. The Labute approximate surface area is 205 Å². The Morgan fingerprint density at radius 2 is 2.06 bits per heavy atom. The van der Waals surface area contributed by atoms with Crippen LogP contribution in [0, 0.1) is 17.3 Å². The summed E-state index contributed by atoms with van der Waals surface area (Å²) in [5, 5.41) is 0. The molecule has 2 amide bonds. The van der Waals surface area contributed by atoms with Gasteiger partial charge in [0.25, 0.3) is 5.92 Å². The van der Waals surface area contributed by atoms with E-state index in [2.05, 4.69) is 23.5 Å². The van der Waals surface area contributed by atoms with Crippen LogP contribution in [0.25, 0.3) is 5.78 Å². The SMILES string of the molecule is C=C(C)CO[C@H]1CCN(C(=O)N2CC3(CC(Cc4ccn5c(C(C)(F)F)cnc5n4)C3)C2)C[C@H]1C. The van der Waals surface area contributed by atoms with Crippen molar-refractivity contribution in [3.05, 3.63) is 42.0 Å². The van der Waals surface area contributed by atoms with E-state index < -0.39 is 5.92 Å². The third kappa shape index (κ3) is 4.79. The number of fused-ring (bicyclic) bond motifs is 1. The highest BCUT2D eigenvalue weighted by Crippen LogP contribution is 2.53. The zero-order valence-electron chi connectivity index (χ0n) is 20.8. The number of carbonyl (C=O) groups is 1. The van der Waals surface area contributed by atoms with Gasteiger partial charge in [0.05, 0.1) is 18.9 Å². The molecular weight excluding hydrogens is 452 g/mol. The summed E-state index contributed by atoms with van der Waals surface area (Å²) in [6.45, 7) is 12.6. The van der Waals surface area contributed by atoms with E-state index in [0.717, 1.165) is 70.1 Å². The third-order valence-corrected chi connectivity index (χ3v) is 7.79. The molecule has 1 aliphatic carbocycles. The van der Waals surface area contributed by atoms with E-state index in [0.29, 0.717) is 24.2 Å². The number of imidazole rings is 1. The number of ether oxygens (including phenoxy) is 1. The topological polar surface area (TPSA) is 63.0 Å². The van der Waals surface area contributed by atoms with E-state index in [4.69, 9.17) is 4.74 Å². The Kier molecular flexibility index (Phi) is 6.10. The molecule has 0 radical (unpaired) electrons. The molecule has 1 spiro atoms. The number of piperidine rings is 1. The minimum Gasteiger partial charge on any atom is -0.373 e. The van der Waals surface area contributed by atoms with Crippen LogP contribution in [-0.2, 0) is 17.1 Å². The fraction of sp³-hybridized carbons (Fsp3) is 0.654. The summed E-state index contributed by atoms with van der Waals surface area (Å²) >= 11 is 0. The monoisotopic (exact) mass is 487 g/mol. The Morgan fingerprint density at radius 3 is 2.71 bits per heavy atom. The zero-order valence-corrected chi connectivity index (χ0v) is 20.8. The largest absolute Gasteiger partial charge is 0.373 e. The number of halogens is 2. The van der Waals surface area contributed by atoms with Crippen LogP contribution in [-0.4, -0.2) is 69.1 Å². The van der Waals surface area contributed by atoms with Crippen LogP contribution in [0.4, 0.5) is 13.6 Å². The van der Waals surface area contributed by atoms with Crippen LogP contribution in [0.2, 0.25) is 0 Å². The van der Waals surface area contributed by atoms with Crippen molar-refractivity contribution in [2.75, 3.05) is 32.8 Å². The summed E-state index contributed by atoms with van der Waals surface area (Å²) in [5.41, 5.74) is 2.00. The average Bonchev–Trinajstić information content (AvgIpc) is 3.16. The van der Waals surface area contributed by atoms with E-state index in [9.17, 15) is 13.6 Å². The fourth-order valence-corrected chi connectivity index (χ4v) is 6.10. The first-order valence-electron chi connectivity index (χ1n) is 12.5. The minimum absolute atomic E-state index is 0.147. The molecule has 7 nitrogen and oxygen atoms in total. The molecule has 2 aromatic rings.